The Labute approximate surface area is 228 Å². The van der Waals surface area contributed by atoms with Crippen molar-refractivity contribution < 1.29 is 17.9 Å². The number of halogens is 1. The van der Waals surface area contributed by atoms with Gasteiger partial charge in [-0.15, -0.1) is 0 Å². The molecule has 3 aromatic carbocycles. The van der Waals surface area contributed by atoms with Crippen molar-refractivity contribution in [2.75, 3.05) is 13.7 Å². The molecule has 1 aromatic heterocycles. The number of methoxy groups -OCH3 is 1. The Morgan fingerprint density at radius 2 is 1.71 bits per heavy atom. The molecule has 8 heteroatoms. The molecule has 0 aliphatic heterocycles. The first-order valence-electron chi connectivity index (χ1n) is 12.2. The summed E-state index contributed by atoms with van der Waals surface area (Å²) in [6.07, 6.45) is 4.33. The number of carbonyl (C=O) groups excluding carboxylic acids is 1. The van der Waals surface area contributed by atoms with E-state index in [1.807, 2.05) is 61.5 Å². The van der Waals surface area contributed by atoms with Crippen molar-refractivity contribution in [3.63, 3.8) is 0 Å². The lowest BCUT2D eigenvalue weighted by Gasteiger charge is -2.13. The third kappa shape index (κ3) is 7.00. The van der Waals surface area contributed by atoms with E-state index in [1.54, 1.807) is 18.2 Å². The van der Waals surface area contributed by atoms with Gasteiger partial charge in [0.25, 0.3) is 5.91 Å². The van der Waals surface area contributed by atoms with Crippen LogP contribution in [0.4, 0.5) is 0 Å². The summed E-state index contributed by atoms with van der Waals surface area (Å²) in [4.78, 5) is 16.3. The third-order valence-corrected chi connectivity index (χ3v) is 8.00. The molecule has 1 heterocycles. The van der Waals surface area contributed by atoms with Crippen LogP contribution in [0.2, 0.25) is 5.02 Å². The van der Waals surface area contributed by atoms with Crippen LogP contribution in [0.5, 0.6) is 5.75 Å². The molecule has 0 unspecified atom stereocenters. The molecule has 0 bridgehead atoms. The van der Waals surface area contributed by atoms with Gasteiger partial charge in [-0.1, -0.05) is 71.8 Å². The molecule has 0 spiro atoms. The minimum atomic E-state index is -3.68. The van der Waals surface area contributed by atoms with Gasteiger partial charge in [0.05, 0.1) is 23.4 Å². The Hall–Kier alpha value is -3.68. The van der Waals surface area contributed by atoms with Crippen LogP contribution in [0, 0.1) is 6.92 Å². The van der Waals surface area contributed by atoms with Crippen molar-refractivity contribution in [2.45, 2.75) is 30.4 Å². The highest BCUT2D eigenvalue weighted by molar-refractivity contribution is 7.90. The molecule has 0 fully saturated rings. The van der Waals surface area contributed by atoms with Gasteiger partial charge in [-0.2, -0.15) is 0 Å². The summed E-state index contributed by atoms with van der Waals surface area (Å²) in [7, 11) is -2.21. The van der Waals surface area contributed by atoms with E-state index in [-0.39, 0.29) is 16.6 Å². The molecule has 0 radical (unpaired) electrons. The van der Waals surface area contributed by atoms with E-state index in [4.69, 9.17) is 16.3 Å². The topological polar surface area (TPSA) is 85.4 Å². The number of hydrogen-bond donors (Lipinski definition) is 1. The van der Waals surface area contributed by atoms with Crippen LogP contribution in [0.3, 0.4) is 0 Å². The second kappa shape index (κ2) is 12.2. The Morgan fingerprint density at radius 1 is 0.947 bits per heavy atom. The number of aryl methyl sites for hydroxylation is 2. The first-order valence-corrected chi connectivity index (χ1v) is 14.2. The Balaban J connectivity index is 1.43. The van der Waals surface area contributed by atoms with Gasteiger partial charge in [-0.25, -0.2) is 8.42 Å². The summed E-state index contributed by atoms with van der Waals surface area (Å²) < 4.78 is 32.4. The summed E-state index contributed by atoms with van der Waals surface area (Å²) in [5.41, 5.74) is 4.96. The van der Waals surface area contributed by atoms with Crippen LogP contribution < -0.4 is 10.1 Å². The molecule has 0 saturated heterocycles. The van der Waals surface area contributed by atoms with Crippen molar-refractivity contribution in [2.24, 2.45) is 0 Å². The predicted octanol–water partition coefficient (Wildman–Crippen LogP) is 6.06. The number of amides is 1. The Bertz CT molecular complexity index is 1550. The second-order valence-corrected chi connectivity index (χ2v) is 11.5. The molecule has 196 valence electrons. The lowest BCUT2D eigenvalue weighted by Crippen LogP contribution is -2.24. The minimum absolute atomic E-state index is 0.146. The van der Waals surface area contributed by atoms with E-state index in [0.717, 1.165) is 22.3 Å². The molecule has 1 N–H and O–H groups in total. The fourth-order valence-electron chi connectivity index (χ4n) is 4.23. The van der Waals surface area contributed by atoms with Gasteiger partial charge in [0.1, 0.15) is 10.6 Å². The normalized spacial score (nSPS) is 11.2. The molecule has 4 aromatic rings. The maximum Gasteiger partial charge on any atom is 0.252 e. The minimum Gasteiger partial charge on any atom is -0.495 e. The van der Waals surface area contributed by atoms with Gasteiger partial charge in [-0.05, 0) is 60.2 Å². The lowest BCUT2D eigenvalue weighted by molar-refractivity contribution is 0.0953. The van der Waals surface area contributed by atoms with Gasteiger partial charge in [-0.3, -0.25) is 9.78 Å². The molecule has 0 aliphatic rings. The number of ether oxygens (including phenoxy) is 1. The number of hydrogen-bond acceptors (Lipinski definition) is 5. The number of rotatable bonds is 10. The van der Waals surface area contributed by atoms with Gasteiger partial charge in [0.15, 0.2) is 9.84 Å². The zero-order valence-electron chi connectivity index (χ0n) is 21.3. The quantitative estimate of drug-likeness (QED) is 0.244. The van der Waals surface area contributed by atoms with Crippen LogP contribution in [-0.2, 0) is 22.0 Å². The number of aromatic nitrogens is 1. The molecular weight excluding hydrogens is 520 g/mol. The van der Waals surface area contributed by atoms with Crippen molar-refractivity contribution in [1.29, 1.82) is 0 Å². The van der Waals surface area contributed by atoms with E-state index < -0.39 is 9.84 Å². The molecule has 0 saturated carbocycles. The highest BCUT2D eigenvalue weighted by Gasteiger charge is 2.21. The summed E-state index contributed by atoms with van der Waals surface area (Å²) >= 11 is 5.90. The molecule has 0 aliphatic carbocycles. The Kier molecular flexibility index (Phi) is 8.81. The molecule has 4 rings (SSSR count). The van der Waals surface area contributed by atoms with E-state index in [2.05, 4.69) is 10.3 Å². The Morgan fingerprint density at radius 3 is 2.47 bits per heavy atom. The summed E-state index contributed by atoms with van der Waals surface area (Å²) in [6.45, 7) is 2.47. The zero-order chi connectivity index (χ0) is 27.1. The van der Waals surface area contributed by atoms with Gasteiger partial charge >= 0.3 is 0 Å². The molecule has 6 nitrogen and oxygen atoms in total. The van der Waals surface area contributed by atoms with E-state index in [9.17, 15) is 13.2 Å². The van der Waals surface area contributed by atoms with E-state index >= 15 is 0 Å². The van der Waals surface area contributed by atoms with E-state index in [0.29, 0.717) is 41.3 Å². The van der Waals surface area contributed by atoms with E-state index in [1.165, 1.54) is 19.5 Å². The fraction of sp³-hybridized carbons (Fsp3) is 0.200. The average molecular weight is 549 g/mol. The molecule has 0 atom stereocenters. The van der Waals surface area contributed by atoms with Gasteiger partial charge in [0.2, 0.25) is 0 Å². The number of nitrogens with zero attached hydrogens (tertiary/aromatic N) is 1. The molecule has 38 heavy (non-hydrogen) atoms. The summed E-state index contributed by atoms with van der Waals surface area (Å²) in [6, 6.07) is 22.3. The second-order valence-electron chi connectivity index (χ2n) is 9.07. The van der Waals surface area contributed by atoms with Crippen LogP contribution >= 0.6 is 11.6 Å². The highest BCUT2D eigenvalue weighted by Crippen LogP contribution is 2.32. The summed E-state index contributed by atoms with van der Waals surface area (Å²) in [5.74, 6) is -0.0580. The SMILES string of the molecule is COc1ccc(-c2cccc(C)c2)cc1S(=O)(=O)Cc1cccc(CCCNC(=O)c2cncc(Cl)c2)c1. The maximum absolute atomic E-state index is 13.5. The van der Waals surface area contributed by atoms with Crippen LogP contribution in [-0.4, -0.2) is 33.0 Å². The molecular formula is C30H29ClN2O4S. The van der Waals surface area contributed by atoms with Crippen molar-refractivity contribution >= 4 is 27.3 Å². The zero-order valence-corrected chi connectivity index (χ0v) is 22.9. The fourth-order valence-corrected chi connectivity index (χ4v) is 5.94. The van der Waals surface area contributed by atoms with Gasteiger partial charge < -0.3 is 10.1 Å². The number of pyridine rings is 1. The van der Waals surface area contributed by atoms with Crippen LogP contribution in [0.1, 0.15) is 33.5 Å². The van der Waals surface area contributed by atoms with Gasteiger partial charge in [0, 0.05) is 18.9 Å². The third-order valence-electron chi connectivity index (χ3n) is 6.09. The monoisotopic (exact) mass is 548 g/mol. The number of sulfone groups is 1. The number of carbonyl (C=O) groups is 1. The number of nitrogens with one attached hydrogen (secondary N) is 1. The maximum atomic E-state index is 13.5. The summed E-state index contributed by atoms with van der Waals surface area (Å²) in [5, 5.41) is 3.26. The largest absolute Gasteiger partial charge is 0.495 e. The van der Waals surface area contributed by atoms with Crippen molar-refractivity contribution in [1.82, 2.24) is 10.3 Å². The average Bonchev–Trinajstić information content (AvgIpc) is 2.90. The molecule has 1 amide bonds. The highest BCUT2D eigenvalue weighted by atomic mass is 35.5. The van der Waals surface area contributed by atoms with Crippen LogP contribution in [0.25, 0.3) is 11.1 Å². The van der Waals surface area contributed by atoms with Crippen molar-refractivity contribution in [3.05, 3.63) is 112 Å². The first-order chi connectivity index (χ1) is 18.2. The smallest absolute Gasteiger partial charge is 0.252 e. The lowest BCUT2D eigenvalue weighted by atomic mass is 10.0. The first kappa shape index (κ1) is 27.4. The predicted molar refractivity (Wildman–Crippen MR) is 150 cm³/mol. The van der Waals surface area contributed by atoms with Crippen LogP contribution in [0.15, 0.2) is 90.1 Å². The standard InChI is InChI=1S/C30H29ClN2O4S/c1-21-6-3-10-24(14-21)25-11-12-28(37-2)29(17-25)38(35,36)20-23-8-4-7-22(15-23)9-5-13-33-30(34)26-16-27(31)19-32-18-26/h3-4,6-8,10-12,14-19H,5,9,13,20H2,1-2H3,(H,33,34). The van der Waals surface area contributed by atoms with Crippen molar-refractivity contribution in [3.8, 4) is 16.9 Å². The number of benzene rings is 3.